The van der Waals surface area contributed by atoms with Crippen molar-refractivity contribution >= 4 is 10.0 Å². The average molecular weight is 282 g/mol. The van der Waals surface area contributed by atoms with Gasteiger partial charge in [-0.05, 0) is 44.9 Å². The summed E-state index contributed by atoms with van der Waals surface area (Å²) in [6.45, 7) is 5.63. The summed E-state index contributed by atoms with van der Waals surface area (Å²) in [5, 5.41) is 14.0. The minimum Gasteiger partial charge on any atom is -0.492 e. The van der Waals surface area contributed by atoms with Crippen LogP contribution in [-0.4, -0.2) is 15.0 Å². The van der Waals surface area contributed by atoms with Crippen molar-refractivity contribution in [2.45, 2.75) is 32.1 Å². The molecule has 0 amide bonds. The van der Waals surface area contributed by atoms with Crippen LogP contribution in [0.1, 0.15) is 25.8 Å². The fourth-order valence-electron chi connectivity index (χ4n) is 1.43. The molecular weight excluding hydrogens is 264 g/mol. The number of hydrogen-bond donors (Lipinski definition) is 1. The summed E-state index contributed by atoms with van der Waals surface area (Å²) in [6.07, 6.45) is 0.501. The number of aryl methyl sites for hydroxylation is 1. The fourth-order valence-corrected chi connectivity index (χ4v) is 2.19. The number of primary sulfonamides is 1. The van der Waals surface area contributed by atoms with E-state index in [1.165, 1.54) is 6.07 Å². The van der Waals surface area contributed by atoms with Crippen LogP contribution >= 0.6 is 0 Å². The number of benzene rings is 1. The summed E-state index contributed by atoms with van der Waals surface area (Å²) in [5.41, 5.74) is 0.278. The second-order valence-electron chi connectivity index (χ2n) is 5.09. The van der Waals surface area contributed by atoms with E-state index in [9.17, 15) is 8.42 Å². The topological polar surface area (TPSA) is 93.2 Å². The molecule has 0 atom stereocenters. The Morgan fingerprint density at radius 3 is 2.58 bits per heavy atom. The number of nitriles is 1. The van der Waals surface area contributed by atoms with E-state index >= 15 is 0 Å². The highest BCUT2D eigenvalue weighted by atomic mass is 32.2. The van der Waals surface area contributed by atoms with Crippen LogP contribution < -0.4 is 9.88 Å². The second kappa shape index (κ2) is 5.59. The third-order valence-electron chi connectivity index (χ3n) is 2.69. The first-order chi connectivity index (χ1) is 8.65. The molecule has 0 heterocycles. The summed E-state index contributed by atoms with van der Waals surface area (Å²) < 4.78 is 28.4. The molecule has 0 bridgehead atoms. The SMILES string of the molecule is Cc1ccc(OCCC(C)(C)C#N)c(S(N)(=O)=O)c1. The van der Waals surface area contributed by atoms with Crippen molar-refractivity contribution in [3.05, 3.63) is 23.8 Å². The first kappa shape index (κ1) is 15.5. The minimum atomic E-state index is -3.82. The number of hydrogen-bond acceptors (Lipinski definition) is 4. The highest BCUT2D eigenvalue weighted by Crippen LogP contribution is 2.25. The maximum Gasteiger partial charge on any atom is 0.241 e. The predicted molar refractivity (Wildman–Crippen MR) is 72.1 cm³/mol. The Morgan fingerprint density at radius 1 is 1.42 bits per heavy atom. The van der Waals surface area contributed by atoms with E-state index in [4.69, 9.17) is 15.1 Å². The predicted octanol–water partition coefficient (Wildman–Crippen LogP) is 1.96. The molecule has 0 spiro atoms. The minimum absolute atomic E-state index is 0.0257. The Balaban J connectivity index is 2.89. The standard InChI is InChI=1S/C13H18N2O3S/c1-10-4-5-11(12(8-10)19(15,16)17)18-7-6-13(2,3)9-14/h4-5,8H,6-7H2,1-3H3,(H2,15,16,17). The zero-order valence-corrected chi connectivity index (χ0v) is 12.1. The zero-order valence-electron chi connectivity index (χ0n) is 11.3. The first-order valence-electron chi connectivity index (χ1n) is 5.83. The van der Waals surface area contributed by atoms with Gasteiger partial charge in [0.05, 0.1) is 18.1 Å². The van der Waals surface area contributed by atoms with E-state index in [0.717, 1.165) is 5.56 Å². The van der Waals surface area contributed by atoms with Gasteiger partial charge in [-0.25, -0.2) is 13.6 Å². The Hall–Kier alpha value is -1.58. The molecule has 1 aromatic rings. The zero-order chi connectivity index (χ0) is 14.7. The molecular formula is C13H18N2O3S. The summed E-state index contributed by atoms with van der Waals surface area (Å²) in [7, 11) is -3.82. The van der Waals surface area contributed by atoms with Gasteiger partial charge in [0.1, 0.15) is 10.6 Å². The number of sulfonamides is 1. The highest BCUT2D eigenvalue weighted by molar-refractivity contribution is 7.89. The third-order valence-corrected chi connectivity index (χ3v) is 3.63. The van der Waals surface area contributed by atoms with Gasteiger partial charge < -0.3 is 4.74 Å². The Morgan fingerprint density at radius 2 is 2.05 bits per heavy atom. The Labute approximate surface area is 114 Å². The van der Waals surface area contributed by atoms with Gasteiger partial charge >= 0.3 is 0 Å². The van der Waals surface area contributed by atoms with Crippen molar-refractivity contribution < 1.29 is 13.2 Å². The molecule has 0 radical (unpaired) electrons. The molecule has 0 aliphatic rings. The van der Waals surface area contributed by atoms with Gasteiger partial charge in [0.2, 0.25) is 10.0 Å². The van der Waals surface area contributed by atoms with E-state index in [1.54, 1.807) is 32.9 Å². The summed E-state index contributed by atoms with van der Waals surface area (Å²) in [5.74, 6) is 0.224. The monoisotopic (exact) mass is 282 g/mol. The maximum absolute atomic E-state index is 11.5. The van der Waals surface area contributed by atoms with Crippen molar-refractivity contribution in [2.24, 2.45) is 10.6 Å². The lowest BCUT2D eigenvalue weighted by Crippen LogP contribution is -2.16. The van der Waals surface area contributed by atoms with E-state index in [-0.39, 0.29) is 17.3 Å². The van der Waals surface area contributed by atoms with Gasteiger partial charge in [-0.1, -0.05) is 6.07 Å². The summed E-state index contributed by atoms with van der Waals surface area (Å²) in [6, 6.07) is 6.96. The fraction of sp³-hybridized carbons (Fsp3) is 0.462. The van der Waals surface area contributed by atoms with Gasteiger partial charge in [0, 0.05) is 0 Å². The van der Waals surface area contributed by atoms with Crippen LogP contribution in [0.25, 0.3) is 0 Å². The molecule has 2 N–H and O–H groups in total. The van der Waals surface area contributed by atoms with Crippen LogP contribution in [0.4, 0.5) is 0 Å². The van der Waals surface area contributed by atoms with Gasteiger partial charge in [-0.15, -0.1) is 0 Å². The molecule has 19 heavy (non-hydrogen) atoms. The summed E-state index contributed by atoms with van der Waals surface area (Å²) in [4.78, 5) is -0.0257. The Kier molecular flexibility index (Phi) is 4.56. The smallest absolute Gasteiger partial charge is 0.241 e. The average Bonchev–Trinajstić information content (AvgIpc) is 2.29. The molecule has 0 aliphatic heterocycles. The number of nitrogens with zero attached hydrogens (tertiary/aromatic N) is 1. The van der Waals surface area contributed by atoms with E-state index in [1.807, 2.05) is 0 Å². The van der Waals surface area contributed by atoms with E-state index < -0.39 is 15.4 Å². The van der Waals surface area contributed by atoms with Crippen LogP contribution in [0, 0.1) is 23.7 Å². The van der Waals surface area contributed by atoms with Crippen LogP contribution in [-0.2, 0) is 10.0 Å². The third kappa shape index (κ3) is 4.54. The molecule has 0 fully saturated rings. The van der Waals surface area contributed by atoms with E-state index in [2.05, 4.69) is 6.07 Å². The van der Waals surface area contributed by atoms with Gasteiger partial charge in [0.25, 0.3) is 0 Å². The molecule has 0 unspecified atom stereocenters. The van der Waals surface area contributed by atoms with Crippen LogP contribution in [0.3, 0.4) is 0 Å². The van der Waals surface area contributed by atoms with Crippen molar-refractivity contribution in [3.63, 3.8) is 0 Å². The van der Waals surface area contributed by atoms with Gasteiger partial charge in [0.15, 0.2) is 0 Å². The molecule has 0 aromatic heterocycles. The van der Waals surface area contributed by atoms with Crippen molar-refractivity contribution in [1.29, 1.82) is 5.26 Å². The first-order valence-corrected chi connectivity index (χ1v) is 7.38. The molecule has 104 valence electrons. The van der Waals surface area contributed by atoms with Crippen LogP contribution in [0.15, 0.2) is 23.1 Å². The Bertz CT molecular complexity index is 601. The lowest BCUT2D eigenvalue weighted by atomic mass is 9.92. The maximum atomic E-state index is 11.5. The largest absolute Gasteiger partial charge is 0.492 e. The normalized spacial score (nSPS) is 11.9. The molecule has 5 nitrogen and oxygen atoms in total. The van der Waals surface area contributed by atoms with Crippen molar-refractivity contribution in [3.8, 4) is 11.8 Å². The quantitative estimate of drug-likeness (QED) is 0.893. The molecule has 0 aliphatic carbocycles. The van der Waals surface area contributed by atoms with Gasteiger partial charge in [-0.3, -0.25) is 0 Å². The van der Waals surface area contributed by atoms with E-state index in [0.29, 0.717) is 6.42 Å². The second-order valence-corrected chi connectivity index (χ2v) is 6.62. The molecule has 1 rings (SSSR count). The van der Waals surface area contributed by atoms with Crippen molar-refractivity contribution in [1.82, 2.24) is 0 Å². The number of rotatable bonds is 5. The molecule has 0 saturated carbocycles. The van der Waals surface area contributed by atoms with Crippen LogP contribution in [0.5, 0.6) is 5.75 Å². The lowest BCUT2D eigenvalue weighted by Gasteiger charge is -2.16. The molecule has 1 aromatic carbocycles. The molecule has 0 saturated heterocycles. The van der Waals surface area contributed by atoms with Crippen molar-refractivity contribution in [2.75, 3.05) is 6.61 Å². The van der Waals surface area contributed by atoms with Crippen LogP contribution in [0.2, 0.25) is 0 Å². The number of ether oxygens (including phenoxy) is 1. The highest BCUT2D eigenvalue weighted by Gasteiger charge is 2.19. The number of nitrogens with two attached hydrogens (primary N) is 1. The summed E-state index contributed by atoms with van der Waals surface area (Å²) >= 11 is 0. The lowest BCUT2D eigenvalue weighted by molar-refractivity contribution is 0.259. The van der Waals surface area contributed by atoms with Gasteiger partial charge in [-0.2, -0.15) is 5.26 Å². The molecule has 6 heteroatoms.